The Morgan fingerprint density at radius 3 is 2.68 bits per heavy atom. The monoisotopic (exact) mass is 294 g/mol. The van der Waals surface area contributed by atoms with Crippen molar-refractivity contribution in [1.29, 1.82) is 0 Å². The predicted molar refractivity (Wildman–Crippen MR) is 83.1 cm³/mol. The van der Waals surface area contributed by atoms with Gasteiger partial charge in [0, 0.05) is 23.6 Å². The Morgan fingerprint density at radius 2 is 1.91 bits per heavy atom. The minimum absolute atomic E-state index is 0.0369. The van der Waals surface area contributed by atoms with Crippen molar-refractivity contribution in [3.05, 3.63) is 57.8 Å². The van der Waals surface area contributed by atoms with Crippen molar-refractivity contribution in [2.24, 2.45) is 0 Å². The lowest BCUT2D eigenvalue weighted by Crippen LogP contribution is -1.86. The molecule has 1 aromatic heterocycles. The van der Waals surface area contributed by atoms with E-state index in [1.807, 2.05) is 32.0 Å². The van der Waals surface area contributed by atoms with Gasteiger partial charge in [-0.2, -0.15) is 0 Å². The first-order chi connectivity index (χ1) is 10.5. The number of rotatable bonds is 1. The largest absolute Gasteiger partial charge is 0.460 e. The molecule has 2 aliphatic rings. The normalized spacial score (nSPS) is 11.5. The Morgan fingerprint density at radius 1 is 1.09 bits per heavy atom. The molecule has 22 heavy (non-hydrogen) atoms. The standard InChI is InChI=1S/C17H12NO4/c1-9-3-5-15-16(17-12(9)7-10(2)21-17)13-8-11(18(19)20)4-6-14(13)22-15/h3-8H,1-2H3/q+1. The molecule has 1 aromatic carbocycles. The van der Waals surface area contributed by atoms with Crippen LogP contribution in [0.25, 0.3) is 33.3 Å². The molecule has 0 radical (unpaired) electrons. The Labute approximate surface area is 125 Å². The topological polar surface area (TPSA) is 67.6 Å². The highest BCUT2D eigenvalue weighted by atomic mass is 16.6. The maximum Gasteiger partial charge on any atom is 0.365 e. The van der Waals surface area contributed by atoms with Crippen molar-refractivity contribution in [3.8, 4) is 11.3 Å². The van der Waals surface area contributed by atoms with E-state index in [4.69, 9.17) is 8.83 Å². The van der Waals surface area contributed by atoms with E-state index in [-0.39, 0.29) is 5.69 Å². The van der Waals surface area contributed by atoms with Crippen molar-refractivity contribution in [3.63, 3.8) is 0 Å². The molecule has 0 bridgehead atoms. The van der Waals surface area contributed by atoms with Crippen LogP contribution in [-0.2, 0) is 0 Å². The van der Waals surface area contributed by atoms with Gasteiger partial charge in [0.2, 0.25) is 0 Å². The third-order valence-corrected chi connectivity index (χ3v) is 3.90. The molecule has 5 nitrogen and oxygen atoms in total. The SMILES string of the molecule is Cc1cc2c(C)ccc3[o+]c4ccc([N+](=O)[O-])cc4c-3c2o1. The Bertz CT molecular complexity index is 1030. The number of fused-ring (bicyclic) bond motifs is 5. The van der Waals surface area contributed by atoms with E-state index >= 15 is 0 Å². The lowest BCUT2D eigenvalue weighted by Gasteiger charge is -1.90. The summed E-state index contributed by atoms with van der Waals surface area (Å²) in [5.74, 6) is 1.45. The van der Waals surface area contributed by atoms with Gasteiger partial charge in [-0.3, -0.25) is 10.1 Å². The molecule has 2 heterocycles. The highest BCUT2D eigenvalue weighted by Gasteiger charge is 2.30. The van der Waals surface area contributed by atoms with Gasteiger partial charge in [0.15, 0.2) is 5.58 Å². The average molecular weight is 294 g/mol. The van der Waals surface area contributed by atoms with Gasteiger partial charge in [-0.15, -0.1) is 0 Å². The first-order valence-corrected chi connectivity index (χ1v) is 6.88. The zero-order valence-electron chi connectivity index (χ0n) is 12.0. The summed E-state index contributed by atoms with van der Waals surface area (Å²) in [5, 5.41) is 12.7. The van der Waals surface area contributed by atoms with Crippen LogP contribution in [0.15, 0.2) is 45.2 Å². The average Bonchev–Trinajstić information content (AvgIpc) is 3.00. The summed E-state index contributed by atoms with van der Waals surface area (Å²) >= 11 is 0. The fraction of sp³-hybridized carbons (Fsp3) is 0.118. The van der Waals surface area contributed by atoms with Crippen molar-refractivity contribution >= 4 is 27.6 Å². The molecule has 0 spiro atoms. The second-order valence-electron chi connectivity index (χ2n) is 5.40. The van der Waals surface area contributed by atoms with Gasteiger partial charge in [0.05, 0.1) is 11.0 Å². The molecule has 1 aliphatic carbocycles. The second-order valence-corrected chi connectivity index (χ2v) is 5.40. The van der Waals surface area contributed by atoms with Crippen molar-refractivity contribution in [1.82, 2.24) is 0 Å². The van der Waals surface area contributed by atoms with E-state index in [0.717, 1.165) is 22.3 Å². The van der Waals surface area contributed by atoms with Crippen molar-refractivity contribution < 1.29 is 13.8 Å². The quantitative estimate of drug-likeness (QED) is 0.278. The number of hydrogen-bond donors (Lipinski definition) is 0. The van der Waals surface area contributed by atoms with Crippen LogP contribution in [-0.4, -0.2) is 4.92 Å². The molecule has 0 saturated heterocycles. The summed E-state index contributed by atoms with van der Waals surface area (Å²) < 4.78 is 11.7. The van der Waals surface area contributed by atoms with Crippen LogP contribution < -0.4 is 0 Å². The smallest absolute Gasteiger partial charge is 0.365 e. The second kappa shape index (κ2) is 4.27. The maximum atomic E-state index is 11.0. The molecule has 0 saturated carbocycles. The molecule has 0 atom stereocenters. The molecular formula is C17H12NO4+. The van der Waals surface area contributed by atoms with E-state index in [9.17, 15) is 10.1 Å². The molecule has 5 heteroatoms. The molecule has 4 rings (SSSR count). The van der Waals surface area contributed by atoms with Gasteiger partial charge in [-0.1, -0.05) is 0 Å². The first-order valence-electron chi connectivity index (χ1n) is 6.88. The Balaban J connectivity index is 2.24. The number of benzene rings is 1. The summed E-state index contributed by atoms with van der Waals surface area (Å²) in [6.07, 6.45) is 0. The van der Waals surface area contributed by atoms with Gasteiger partial charge < -0.3 is 4.42 Å². The summed E-state index contributed by atoms with van der Waals surface area (Å²) in [7, 11) is 0. The van der Waals surface area contributed by atoms with Gasteiger partial charge in [-0.25, -0.2) is 4.42 Å². The number of nitrogens with zero attached hydrogens (tertiary/aromatic N) is 1. The fourth-order valence-electron chi connectivity index (χ4n) is 2.85. The molecule has 0 fully saturated rings. The Hall–Kier alpha value is -2.95. The molecule has 1 aliphatic heterocycles. The number of hydrogen-bond acceptors (Lipinski definition) is 3. The van der Waals surface area contributed by atoms with Crippen LogP contribution in [0, 0.1) is 24.0 Å². The molecule has 2 aromatic rings. The summed E-state index contributed by atoms with van der Waals surface area (Å²) in [6.45, 7) is 3.89. The summed E-state index contributed by atoms with van der Waals surface area (Å²) in [4.78, 5) is 10.6. The maximum absolute atomic E-state index is 11.0. The summed E-state index contributed by atoms with van der Waals surface area (Å²) in [5.41, 5.74) is 3.19. The summed E-state index contributed by atoms with van der Waals surface area (Å²) in [6, 6.07) is 10.4. The molecular weight excluding hydrogens is 282 g/mol. The molecule has 0 unspecified atom stereocenters. The van der Waals surface area contributed by atoms with Gasteiger partial charge in [-0.05, 0) is 31.5 Å². The third-order valence-electron chi connectivity index (χ3n) is 3.90. The number of nitro benzene ring substituents is 1. The predicted octanol–water partition coefficient (Wildman–Crippen LogP) is 5.09. The minimum Gasteiger partial charge on any atom is -0.460 e. The first kappa shape index (κ1) is 12.8. The van der Waals surface area contributed by atoms with Crippen LogP contribution >= 0.6 is 0 Å². The van der Waals surface area contributed by atoms with Crippen LogP contribution in [0.3, 0.4) is 0 Å². The number of non-ortho nitro benzene ring substituents is 1. The zero-order chi connectivity index (χ0) is 15.4. The lowest BCUT2D eigenvalue weighted by molar-refractivity contribution is -0.384. The van der Waals surface area contributed by atoms with E-state index in [1.54, 1.807) is 6.07 Å². The molecule has 108 valence electrons. The number of aryl methyl sites for hydroxylation is 2. The van der Waals surface area contributed by atoms with E-state index in [1.165, 1.54) is 12.1 Å². The zero-order valence-corrected chi connectivity index (χ0v) is 12.0. The number of furan rings is 2. The minimum atomic E-state index is -0.406. The molecule has 0 amide bonds. The van der Waals surface area contributed by atoms with E-state index in [0.29, 0.717) is 22.3 Å². The van der Waals surface area contributed by atoms with E-state index in [2.05, 4.69) is 0 Å². The third kappa shape index (κ3) is 1.69. The van der Waals surface area contributed by atoms with Crippen LogP contribution in [0.4, 0.5) is 5.69 Å². The van der Waals surface area contributed by atoms with Gasteiger partial charge in [0.25, 0.3) is 5.69 Å². The molecule has 0 N–H and O–H groups in total. The van der Waals surface area contributed by atoms with Crippen molar-refractivity contribution in [2.75, 3.05) is 0 Å². The van der Waals surface area contributed by atoms with Crippen LogP contribution in [0.5, 0.6) is 0 Å². The van der Waals surface area contributed by atoms with Crippen molar-refractivity contribution in [2.45, 2.75) is 13.8 Å². The van der Waals surface area contributed by atoms with Crippen LogP contribution in [0.2, 0.25) is 0 Å². The number of nitro groups is 1. The highest BCUT2D eigenvalue weighted by molar-refractivity contribution is 6.07. The van der Waals surface area contributed by atoms with E-state index < -0.39 is 4.92 Å². The van der Waals surface area contributed by atoms with Gasteiger partial charge >= 0.3 is 11.3 Å². The Kier molecular flexibility index (Phi) is 2.48. The fourth-order valence-corrected chi connectivity index (χ4v) is 2.85. The van der Waals surface area contributed by atoms with Gasteiger partial charge in [0.1, 0.15) is 16.7 Å². The lowest BCUT2D eigenvalue weighted by atomic mass is 10.1. The van der Waals surface area contributed by atoms with Crippen LogP contribution in [0.1, 0.15) is 11.3 Å². The highest BCUT2D eigenvalue weighted by Crippen LogP contribution is 2.41.